The van der Waals surface area contributed by atoms with Gasteiger partial charge in [0.1, 0.15) is 5.82 Å². The van der Waals surface area contributed by atoms with Crippen LogP contribution in [0.3, 0.4) is 0 Å². The second-order valence-corrected chi connectivity index (χ2v) is 9.47. The number of aromatic nitrogens is 3. The first kappa shape index (κ1) is 18.9. The fraction of sp³-hybridized carbons (Fsp3) is 0.400. The Bertz CT molecular complexity index is 1090. The molecule has 0 amide bonds. The summed E-state index contributed by atoms with van der Waals surface area (Å²) in [6.45, 7) is 5.70. The molecule has 8 heteroatoms. The number of ether oxygens (including phenoxy) is 1. The SMILES string of the molecule is CCS(=O)(=O)Cc1cc(N2CCOC[C@H]2C)nc(-c2ccc3[nH]ccc3c2)n1. The van der Waals surface area contributed by atoms with Crippen LogP contribution >= 0.6 is 0 Å². The average Bonchev–Trinajstić information content (AvgIpc) is 3.15. The second kappa shape index (κ2) is 7.52. The summed E-state index contributed by atoms with van der Waals surface area (Å²) >= 11 is 0. The van der Waals surface area contributed by atoms with Crippen molar-refractivity contribution >= 4 is 26.6 Å². The molecular weight excluding hydrogens is 376 g/mol. The normalized spacial score (nSPS) is 17.9. The van der Waals surface area contributed by atoms with Crippen LogP contribution in [0.4, 0.5) is 5.82 Å². The van der Waals surface area contributed by atoms with Crippen LogP contribution in [0, 0.1) is 0 Å². The monoisotopic (exact) mass is 400 g/mol. The third-order valence-electron chi connectivity index (χ3n) is 5.05. The molecule has 0 bridgehead atoms. The number of morpholine rings is 1. The minimum Gasteiger partial charge on any atom is -0.377 e. The first-order valence-electron chi connectivity index (χ1n) is 9.45. The van der Waals surface area contributed by atoms with Gasteiger partial charge in [-0.25, -0.2) is 18.4 Å². The maximum Gasteiger partial charge on any atom is 0.161 e. The van der Waals surface area contributed by atoms with E-state index in [9.17, 15) is 8.42 Å². The van der Waals surface area contributed by atoms with Crippen LogP contribution in [0.1, 0.15) is 19.5 Å². The third-order valence-corrected chi connectivity index (χ3v) is 6.66. The van der Waals surface area contributed by atoms with Crippen molar-refractivity contribution in [2.24, 2.45) is 0 Å². The Morgan fingerprint density at radius 1 is 1.25 bits per heavy atom. The summed E-state index contributed by atoms with van der Waals surface area (Å²) in [6, 6.07) is 9.92. The number of sulfone groups is 1. The van der Waals surface area contributed by atoms with Gasteiger partial charge in [-0.05, 0) is 31.2 Å². The van der Waals surface area contributed by atoms with Crippen LogP contribution in [0.25, 0.3) is 22.3 Å². The summed E-state index contributed by atoms with van der Waals surface area (Å²) in [7, 11) is -3.20. The number of benzene rings is 1. The van der Waals surface area contributed by atoms with Gasteiger partial charge < -0.3 is 14.6 Å². The van der Waals surface area contributed by atoms with Gasteiger partial charge in [-0.2, -0.15) is 0 Å². The van der Waals surface area contributed by atoms with Crippen LogP contribution in [0.2, 0.25) is 0 Å². The summed E-state index contributed by atoms with van der Waals surface area (Å²) in [6.07, 6.45) is 1.89. The summed E-state index contributed by atoms with van der Waals surface area (Å²) in [4.78, 5) is 14.7. The molecule has 2 aromatic heterocycles. The van der Waals surface area contributed by atoms with Gasteiger partial charge in [-0.3, -0.25) is 0 Å². The number of hydrogen-bond donors (Lipinski definition) is 1. The zero-order valence-corrected chi connectivity index (χ0v) is 16.9. The smallest absolute Gasteiger partial charge is 0.161 e. The van der Waals surface area contributed by atoms with Crippen molar-refractivity contribution in [3.8, 4) is 11.4 Å². The van der Waals surface area contributed by atoms with Gasteiger partial charge in [0.05, 0.1) is 30.7 Å². The summed E-state index contributed by atoms with van der Waals surface area (Å²) in [5, 5.41) is 1.06. The zero-order chi connectivity index (χ0) is 19.7. The highest BCUT2D eigenvalue weighted by Gasteiger charge is 2.23. The molecule has 1 aromatic carbocycles. The lowest BCUT2D eigenvalue weighted by Gasteiger charge is -2.34. The second-order valence-electron chi connectivity index (χ2n) is 7.11. The molecule has 4 rings (SSSR count). The molecule has 3 aromatic rings. The van der Waals surface area contributed by atoms with E-state index in [-0.39, 0.29) is 17.5 Å². The van der Waals surface area contributed by atoms with Crippen LogP contribution < -0.4 is 4.90 Å². The molecule has 0 unspecified atom stereocenters. The van der Waals surface area contributed by atoms with E-state index in [1.54, 1.807) is 13.0 Å². The highest BCUT2D eigenvalue weighted by molar-refractivity contribution is 7.90. The number of H-pyrrole nitrogens is 1. The predicted octanol–water partition coefficient (Wildman–Crippen LogP) is 2.78. The molecule has 1 saturated heterocycles. The lowest BCUT2D eigenvalue weighted by molar-refractivity contribution is 0.0985. The Balaban J connectivity index is 1.80. The lowest BCUT2D eigenvalue weighted by atomic mass is 10.1. The van der Waals surface area contributed by atoms with E-state index < -0.39 is 9.84 Å². The maximum atomic E-state index is 12.2. The fourth-order valence-electron chi connectivity index (χ4n) is 3.42. The number of hydrogen-bond acceptors (Lipinski definition) is 6. The van der Waals surface area contributed by atoms with Gasteiger partial charge in [0.25, 0.3) is 0 Å². The summed E-state index contributed by atoms with van der Waals surface area (Å²) in [5.74, 6) is 1.29. The molecule has 0 radical (unpaired) electrons. The van der Waals surface area contributed by atoms with Crippen molar-refractivity contribution in [3.05, 3.63) is 42.2 Å². The highest BCUT2D eigenvalue weighted by atomic mass is 32.2. The molecule has 1 aliphatic rings. The fourth-order valence-corrected chi connectivity index (χ4v) is 4.22. The van der Waals surface area contributed by atoms with Crippen molar-refractivity contribution in [3.63, 3.8) is 0 Å². The van der Waals surface area contributed by atoms with E-state index >= 15 is 0 Å². The zero-order valence-electron chi connectivity index (χ0n) is 16.1. The van der Waals surface area contributed by atoms with Gasteiger partial charge in [-0.1, -0.05) is 6.92 Å². The summed E-state index contributed by atoms with van der Waals surface area (Å²) in [5.41, 5.74) is 2.43. The number of nitrogens with zero attached hydrogens (tertiary/aromatic N) is 3. The maximum absolute atomic E-state index is 12.2. The number of aromatic amines is 1. The molecule has 0 aliphatic carbocycles. The van der Waals surface area contributed by atoms with Gasteiger partial charge in [0.15, 0.2) is 15.7 Å². The van der Waals surface area contributed by atoms with E-state index in [1.165, 1.54) is 0 Å². The lowest BCUT2D eigenvalue weighted by Crippen LogP contribution is -2.44. The van der Waals surface area contributed by atoms with Gasteiger partial charge in [-0.15, -0.1) is 0 Å². The number of nitrogens with one attached hydrogen (secondary N) is 1. The average molecular weight is 401 g/mol. The minimum absolute atomic E-state index is 0.0862. The molecule has 1 atom stereocenters. The topological polar surface area (TPSA) is 88.2 Å². The Morgan fingerprint density at radius 3 is 2.89 bits per heavy atom. The predicted molar refractivity (Wildman–Crippen MR) is 110 cm³/mol. The molecule has 1 aliphatic heterocycles. The highest BCUT2D eigenvalue weighted by Crippen LogP contribution is 2.26. The number of anilines is 1. The van der Waals surface area contributed by atoms with Gasteiger partial charge in [0, 0.05) is 41.0 Å². The Morgan fingerprint density at radius 2 is 2.11 bits per heavy atom. The Kier molecular flexibility index (Phi) is 5.07. The molecule has 3 heterocycles. The van der Waals surface area contributed by atoms with Crippen molar-refractivity contribution in [1.82, 2.24) is 15.0 Å². The molecule has 0 spiro atoms. The van der Waals surface area contributed by atoms with E-state index in [2.05, 4.69) is 21.8 Å². The van der Waals surface area contributed by atoms with Crippen molar-refractivity contribution in [2.45, 2.75) is 25.6 Å². The van der Waals surface area contributed by atoms with Crippen molar-refractivity contribution in [2.75, 3.05) is 30.4 Å². The van der Waals surface area contributed by atoms with E-state index in [4.69, 9.17) is 9.72 Å². The quantitative estimate of drug-likeness (QED) is 0.709. The largest absolute Gasteiger partial charge is 0.377 e. The molecule has 1 N–H and O–H groups in total. The van der Waals surface area contributed by atoms with E-state index in [0.717, 1.165) is 22.3 Å². The van der Waals surface area contributed by atoms with Crippen molar-refractivity contribution < 1.29 is 13.2 Å². The number of rotatable bonds is 5. The molecule has 0 saturated carbocycles. The van der Waals surface area contributed by atoms with Crippen LogP contribution in [0.15, 0.2) is 36.5 Å². The first-order valence-corrected chi connectivity index (χ1v) is 11.3. The van der Waals surface area contributed by atoms with Gasteiger partial charge in [0.2, 0.25) is 0 Å². The standard InChI is InChI=1S/C20H24N4O3S/c1-3-28(25,26)13-17-11-19(24-8-9-27-12-14(24)2)23-20(22-17)16-4-5-18-15(10-16)6-7-21-18/h4-7,10-11,14,21H,3,8-9,12-13H2,1-2H3/t14-/m1/s1. The van der Waals surface area contributed by atoms with E-state index in [1.807, 2.05) is 30.5 Å². The van der Waals surface area contributed by atoms with Crippen molar-refractivity contribution in [1.29, 1.82) is 0 Å². The van der Waals surface area contributed by atoms with Crippen LogP contribution in [-0.2, 0) is 20.3 Å². The third kappa shape index (κ3) is 3.88. The Labute approximate surface area is 164 Å². The Hall–Kier alpha value is -2.45. The minimum atomic E-state index is -3.20. The molecule has 148 valence electrons. The van der Waals surface area contributed by atoms with Crippen LogP contribution in [-0.4, -0.2) is 54.9 Å². The number of fused-ring (bicyclic) bond motifs is 1. The molecular formula is C20H24N4O3S. The van der Waals surface area contributed by atoms with E-state index in [0.29, 0.717) is 31.3 Å². The first-order chi connectivity index (χ1) is 13.4. The molecule has 28 heavy (non-hydrogen) atoms. The van der Waals surface area contributed by atoms with Crippen LogP contribution in [0.5, 0.6) is 0 Å². The summed E-state index contributed by atoms with van der Waals surface area (Å²) < 4.78 is 30.0. The molecule has 7 nitrogen and oxygen atoms in total. The molecule has 1 fully saturated rings. The van der Waals surface area contributed by atoms with Gasteiger partial charge >= 0.3 is 0 Å².